The molecule has 0 spiro atoms. The van der Waals surface area contributed by atoms with E-state index in [0.29, 0.717) is 16.3 Å². The maximum atomic E-state index is 13.2. The molecule has 1 aliphatic rings. The first-order valence-corrected chi connectivity index (χ1v) is 10.8. The van der Waals surface area contributed by atoms with Gasteiger partial charge in [0.15, 0.2) is 5.13 Å². The number of carbonyl (C=O) groups is 2. The van der Waals surface area contributed by atoms with E-state index in [9.17, 15) is 19.8 Å². The van der Waals surface area contributed by atoms with Gasteiger partial charge in [-0.2, -0.15) is 0 Å². The van der Waals surface area contributed by atoms with Crippen molar-refractivity contribution in [2.75, 3.05) is 4.90 Å². The van der Waals surface area contributed by atoms with Crippen LogP contribution in [0, 0.1) is 6.92 Å². The number of fused-ring (bicyclic) bond motifs is 1. The predicted molar refractivity (Wildman–Crippen MR) is 124 cm³/mol. The lowest BCUT2D eigenvalue weighted by atomic mass is 9.95. The highest BCUT2D eigenvalue weighted by atomic mass is 32.1. The van der Waals surface area contributed by atoms with Gasteiger partial charge in [0, 0.05) is 5.56 Å². The fourth-order valence-electron chi connectivity index (χ4n) is 3.91. The van der Waals surface area contributed by atoms with Gasteiger partial charge >= 0.3 is 5.91 Å². The molecule has 4 aromatic rings. The average molecular weight is 442 g/mol. The van der Waals surface area contributed by atoms with Gasteiger partial charge in [0.05, 0.1) is 21.8 Å². The molecule has 5 rings (SSSR count). The molecule has 1 saturated heterocycles. The first kappa shape index (κ1) is 20.0. The van der Waals surface area contributed by atoms with Crippen molar-refractivity contribution in [1.82, 2.24) is 4.98 Å². The van der Waals surface area contributed by atoms with Crippen LogP contribution < -0.4 is 4.90 Å². The third-order valence-electron chi connectivity index (χ3n) is 5.42. The second kappa shape index (κ2) is 7.62. The molecule has 2 N–H and O–H groups in total. The van der Waals surface area contributed by atoms with Crippen molar-refractivity contribution in [2.24, 2.45) is 0 Å². The van der Waals surface area contributed by atoms with Crippen LogP contribution >= 0.6 is 11.3 Å². The quantitative estimate of drug-likeness (QED) is 0.267. The number of aromatic hydroxyl groups is 1. The molecule has 0 bridgehead atoms. The van der Waals surface area contributed by atoms with Crippen LogP contribution in [0.25, 0.3) is 16.0 Å². The Kier molecular flexibility index (Phi) is 4.75. The number of aromatic nitrogens is 1. The highest BCUT2D eigenvalue weighted by Crippen LogP contribution is 2.44. The van der Waals surface area contributed by atoms with Gasteiger partial charge in [0.25, 0.3) is 5.78 Å². The van der Waals surface area contributed by atoms with E-state index in [0.717, 1.165) is 15.8 Å². The SMILES string of the molecule is Cc1ccc2nc(N3C(=O)C(=O)C(=C(O)c4ccccc4)C3c3cccc(O)c3)sc2c1. The Bertz CT molecular complexity index is 1410. The molecule has 2 heterocycles. The Morgan fingerprint density at radius 2 is 1.78 bits per heavy atom. The van der Waals surface area contributed by atoms with Gasteiger partial charge in [-0.3, -0.25) is 14.5 Å². The lowest BCUT2D eigenvalue weighted by Gasteiger charge is -2.23. The summed E-state index contributed by atoms with van der Waals surface area (Å²) in [5, 5.41) is 21.5. The second-order valence-corrected chi connectivity index (χ2v) is 8.61. The highest BCUT2D eigenvalue weighted by molar-refractivity contribution is 7.22. The zero-order valence-electron chi connectivity index (χ0n) is 17.0. The minimum absolute atomic E-state index is 0.00674. The van der Waals surface area contributed by atoms with Gasteiger partial charge in [0.2, 0.25) is 0 Å². The minimum atomic E-state index is -0.927. The Hall–Kier alpha value is -3.97. The van der Waals surface area contributed by atoms with E-state index in [2.05, 4.69) is 4.98 Å². The van der Waals surface area contributed by atoms with Crippen LogP contribution in [-0.4, -0.2) is 26.9 Å². The maximum Gasteiger partial charge on any atom is 0.301 e. The normalized spacial score (nSPS) is 17.9. The molecule has 0 saturated carbocycles. The van der Waals surface area contributed by atoms with E-state index in [1.165, 1.54) is 28.4 Å². The summed E-state index contributed by atoms with van der Waals surface area (Å²) in [5.74, 6) is -1.84. The number of phenolic OH excluding ortho intramolecular Hbond substituents is 1. The molecule has 0 aliphatic carbocycles. The molecule has 1 unspecified atom stereocenters. The van der Waals surface area contributed by atoms with Gasteiger partial charge < -0.3 is 10.2 Å². The first-order valence-electron chi connectivity index (χ1n) is 9.96. The molecule has 1 atom stereocenters. The number of thiazole rings is 1. The molecule has 7 heteroatoms. The topological polar surface area (TPSA) is 90.7 Å². The third-order valence-corrected chi connectivity index (χ3v) is 6.43. The lowest BCUT2D eigenvalue weighted by Crippen LogP contribution is -2.29. The second-order valence-electron chi connectivity index (χ2n) is 7.60. The average Bonchev–Trinajstić information content (AvgIpc) is 3.32. The number of benzene rings is 3. The fraction of sp³-hybridized carbons (Fsp3) is 0.0800. The van der Waals surface area contributed by atoms with Crippen LogP contribution in [0.1, 0.15) is 22.7 Å². The molecule has 32 heavy (non-hydrogen) atoms. The van der Waals surface area contributed by atoms with Crippen LogP contribution in [0.4, 0.5) is 5.13 Å². The number of aliphatic hydroxyl groups is 1. The molecule has 1 amide bonds. The largest absolute Gasteiger partial charge is 0.508 e. The number of anilines is 1. The number of aryl methyl sites for hydroxylation is 1. The lowest BCUT2D eigenvalue weighted by molar-refractivity contribution is -0.132. The molecule has 1 aromatic heterocycles. The van der Waals surface area contributed by atoms with E-state index in [-0.39, 0.29) is 17.1 Å². The summed E-state index contributed by atoms with van der Waals surface area (Å²) in [6.45, 7) is 1.97. The number of rotatable bonds is 3. The first-order chi connectivity index (χ1) is 15.4. The van der Waals surface area contributed by atoms with Crippen molar-refractivity contribution >= 4 is 44.1 Å². The van der Waals surface area contributed by atoms with Crippen molar-refractivity contribution in [3.8, 4) is 5.75 Å². The van der Waals surface area contributed by atoms with E-state index in [1.54, 1.807) is 42.5 Å². The van der Waals surface area contributed by atoms with Crippen molar-refractivity contribution in [3.63, 3.8) is 0 Å². The van der Waals surface area contributed by atoms with E-state index < -0.39 is 17.7 Å². The number of aliphatic hydroxyl groups excluding tert-OH is 1. The van der Waals surface area contributed by atoms with Crippen molar-refractivity contribution in [2.45, 2.75) is 13.0 Å². The van der Waals surface area contributed by atoms with Gasteiger partial charge in [-0.05, 0) is 42.3 Å². The molecular formula is C25H18N2O4S. The number of Topliss-reactive ketones (excluding diaryl/α,β-unsaturated/α-hetero) is 1. The standard InChI is InChI=1S/C25H18N2O4S/c1-14-10-11-18-19(12-14)32-25(26-18)27-21(16-8-5-9-17(28)13-16)20(23(30)24(27)31)22(29)15-6-3-2-4-7-15/h2-13,21,28-29H,1H3. The van der Waals surface area contributed by atoms with Crippen molar-refractivity contribution in [1.29, 1.82) is 0 Å². The van der Waals surface area contributed by atoms with E-state index in [1.807, 2.05) is 25.1 Å². The number of nitrogens with zero attached hydrogens (tertiary/aromatic N) is 2. The summed E-state index contributed by atoms with van der Waals surface area (Å²) in [6, 6.07) is 19.8. The van der Waals surface area contributed by atoms with Crippen LogP contribution in [0.2, 0.25) is 0 Å². The number of hydrogen-bond acceptors (Lipinski definition) is 6. The molecular weight excluding hydrogens is 424 g/mol. The molecule has 1 aliphatic heterocycles. The number of carbonyl (C=O) groups excluding carboxylic acids is 2. The summed E-state index contributed by atoms with van der Waals surface area (Å²) < 4.78 is 0.889. The van der Waals surface area contributed by atoms with Gasteiger partial charge in [-0.15, -0.1) is 0 Å². The number of amides is 1. The molecule has 0 radical (unpaired) electrons. The van der Waals surface area contributed by atoms with Crippen molar-refractivity contribution < 1.29 is 19.8 Å². The number of ketones is 1. The van der Waals surface area contributed by atoms with Crippen LogP contribution in [-0.2, 0) is 9.59 Å². The van der Waals surface area contributed by atoms with Gasteiger partial charge in [-0.25, -0.2) is 4.98 Å². The molecule has 6 nitrogen and oxygen atoms in total. The zero-order chi connectivity index (χ0) is 22.4. The van der Waals surface area contributed by atoms with Crippen LogP contribution in [0.3, 0.4) is 0 Å². The Morgan fingerprint density at radius 3 is 2.53 bits per heavy atom. The number of phenols is 1. The maximum absolute atomic E-state index is 13.2. The predicted octanol–water partition coefficient (Wildman–Crippen LogP) is 4.94. The Balaban J connectivity index is 1.75. The van der Waals surface area contributed by atoms with Gasteiger partial charge in [0.1, 0.15) is 11.5 Å². The Labute approximate surface area is 187 Å². The highest BCUT2D eigenvalue weighted by Gasteiger charge is 2.48. The third kappa shape index (κ3) is 3.23. The van der Waals surface area contributed by atoms with Gasteiger partial charge in [-0.1, -0.05) is 59.9 Å². The summed E-state index contributed by atoms with van der Waals surface area (Å²) in [4.78, 5) is 32.2. The minimum Gasteiger partial charge on any atom is -0.508 e. The zero-order valence-corrected chi connectivity index (χ0v) is 17.8. The summed E-state index contributed by atoms with van der Waals surface area (Å²) >= 11 is 1.30. The molecule has 3 aromatic carbocycles. The smallest absolute Gasteiger partial charge is 0.301 e. The summed E-state index contributed by atoms with van der Waals surface area (Å²) in [6.07, 6.45) is 0. The molecule has 158 valence electrons. The van der Waals surface area contributed by atoms with Crippen LogP contribution in [0.15, 0.2) is 78.4 Å². The summed E-state index contributed by atoms with van der Waals surface area (Å²) in [7, 11) is 0. The molecule has 1 fully saturated rings. The summed E-state index contributed by atoms with van der Waals surface area (Å²) in [5.41, 5.74) is 2.66. The fourth-order valence-corrected chi connectivity index (χ4v) is 5.00. The monoisotopic (exact) mass is 442 g/mol. The number of hydrogen-bond donors (Lipinski definition) is 2. The van der Waals surface area contributed by atoms with E-state index >= 15 is 0 Å². The van der Waals surface area contributed by atoms with Crippen molar-refractivity contribution in [3.05, 3.63) is 95.1 Å². The Morgan fingerprint density at radius 1 is 1.00 bits per heavy atom. The van der Waals surface area contributed by atoms with Crippen LogP contribution in [0.5, 0.6) is 5.75 Å². The van der Waals surface area contributed by atoms with E-state index in [4.69, 9.17) is 0 Å².